The first-order valence-corrected chi connectivity index (χ1v) is 9.73. The molecule has 6 heteroatoms. The van der Waals surface area contributed by atoms with Crippen LogP contribution in [0.4, 0.5) is 9.52 Å². The van der Waals surface area contributed by atoms with Crippen LogP contribution in [0.2, 0.25) is 0 Å². The van der Waals surface area contributed by atoms with Gasteiger partial charge in [0.05, 0.1) is 17.7 Å². The number of anilines is 1. The average molecular weight is 404 g/mol. The van der Waals surface area contributed by atoms with E-state index in [0.29, 0.717) is 5.13 Å². The fraction of sp³-hybridized carbons (Fsp3) is 0.0435. The van der Waals surface area contributed by atoms with Gasteiger partial charge >= 0.3 is 0 Å². The van der Waals surface area contributed by atoms with E-state index in [1.165, 1.54) is 29.5 Å². The third-order valence-electron chi connectivity index (χ3n) is 4.33. The number of nitrogens with one attached hydrogen (secondary N) is 1. The fourth-order valence-corrected chi connectivity index (χ4v) is 3.89. The Balaban J connectivity index is 1.72. The summed E-state index contributed by atoms with van der Waals surface area (Å²) in [4.78, 5) is 18.1. The number of aromatic nitrogens is 1. The first kappa shape index (κ1) is 18.8. The number of halogens is 1. The molecule has 0 radical (unpaired) electrons. The van der Waals surface area contributed by atoms with Crippen LogP contribution in [0, 0.1) is 5.82 Å². The summed E-state index contributed by atoms with van der Waals surface area (Å²) in [6, 6.07) is 23.0. The molecule has 0 aliphatic carbocycles. The van der Waals surface area contributed by atoms with Gasteiger partial charge in [-0.05, 0) is 48.0 Å². The molecule has 0 saturated heterocycles. The molecule has 29 heavy (non-hydrogen) atoms. The van der Waals surface area contributed by atoms with E-state index in [1.54, 1.807) is 13.2 Å². The number of carbonyl (C=O) groups excluding carboxylic acids is 1. The summed E-state index contributed by atoms with van der Waals surface area (Å²) in [5.74, 6) is -0.0982. The van der Waals surface area contributed by atoms with E-state index in [-0.39, 0.29) is 5.56 Å². The number of thiazole rings is 1. The molecule has 0 saturated carbocycles. The largest absolute Gasteiger partial charge is 0.497 e. The summed E-state index contributed by atoms with van der Waals surface area (Å²) in [6.45, 7) is 0. The predicted molar refractivity (Wildman–Crippen MR) is 114 cm³/mol. The van der Waals surface area contributed by atoms with E-state index < -0.39 is 11.7 Å². The Bertz CT molecular complexity index is 1140. The highest BCUT2D eigenvalue weighted by atomic mass is 32.1. The second-order valence-electron chi connectivity index (χ2n) is 6.26. The quantitative estimate of drug-likeness (QED) is 0.452. The van der Waals surface area contributed by atoms with Gasteiger partial charge in [0.1, 0.15) is 11.6 Å². The third-order valence-corrected chi connectivity index (χ3v) is 5.35. The topological polar surface area (TPSA) is 51.2 Å². The zero-order chi connectivity index (χ0) is 20.2. The monoisotopic (exact) mass is 404 g/mol. The molecule has 4 aromatic rings. The Morgan fingerprint density at radius 3 is 2.41 bits per heavy atom. The van der Waals surface area contributed by atoms with Crippen molar-refractivity contribution in [2.24, 2.45) is 0 Å². The van der Waals surface area contributed by atoms with Gasteiger partial charge in [-0.1, -0.05) is 47.7 Å². The van der Waals surface area contributed by atoms with E-state index in [4.69, 9.17) is 4.74 Å². The van der Waals surface area contributed by atoms with E-state index >= 15 is 0 Å². The number of benzene rings is 3. The van der Waals surface area contributed by atoms with Gasteiger partial charge < -0.3 is 4.74 Å². The lowest BCUT2D eigenvalue weighted by Crippen LogP contribution is -2.11. The molecule has 1 aromatic heterocycles. The van der Waals surface area contributed by atoms with Crippen LogP contribution in [0.5, 0.6) is 5.75 Å². The highest BCUT2D eigenvalue weighted by molar-refractivity contribution is 7.19. The van der Waals surface area contributed by atoms with Gasteiger partial charge in [0, 0.05) is 11.1 Å². The van der Waals surface area contributed by atoms with Gasteiger partial charge in [-0.25, -0.2) is 9.37 Å². The standard InChI is InChI=1S/C23H17FN2O2S/c1-28-19-12-10-16(11-13-19)21-20(15-6-3-2-4-7-15)25-23(29-21)26-22(27)17-8-5-9-18(24)14-17/h2-14H,1H3,(H,25,26,27). The maximum Gasteiger partial charge on any atom is 0.257 e. The van der Waals surface area contributed by atoms with Gasteiger partial charge in [0.25, 0.3) is 5.91 Å². The molecule has 4 nitrogen and oxygen atoms in total. The lowest BCUT2D eigenvalue weighted by molar-refractivity contribution is 0.102. The molecule has 0 fully saturated rings. The van der Waals surface area contributed by atoms with Crippen LogP contribution in [0.1, 0.15) is 10.4 Å². The lowest BCUT2D eigenvalue weighted by Gasteiger charge is -2.04. The van der Waals surface area contributed by atoms with Crippen LogP contribution < -0.4 is 10.1 Å². The normalized spacial score (nSPS) is 10.6. The minimum Gasteiger partial charge on any atom is -0.497 e. The molecule has 4 rings (SSSR count). The molecule has 3 aromatic carbocycles. The van der Waals surface area contributed by atoms with Crippen LogP contribution in [0.15, 0.2) is 78.9 Å². The molecular formula is C23H17FN2O2S. The Morgan fingerprint density at radius 1 is 0.966 bits per heavy atom. The maximum atomic E-state index is 13.4. The summed E-state index contributed by atoms with van der Waals surface area (Å²) in [6.07, 6.45) is 0. The molecule has 1 N–H and O–H groups in total. The van der Waals surface area contributed by atoms with Crippen molar-refractivity contribution in [3.63, 3.8) is 0 Å². The molecule has 1 amide bonds. The summed E-state index contributed by atoms with van der Waals surface area (Å²) < 4.78 is 18.7. The summed E-state index contributed by atoms with van der Waals surface area (Å²) in [5.41, 5.74) is 2.93. The summed E-state index contributed by atoms with van der Waals surface area (Å²) in [5, 5.41) is 3.23. The number of hydrogen-bond acceptors (Lipinski definition) is 4. The number of amides is 1. The van der Waals surface area contributed by atoms with Crippen LogP contribution in [-0.4, -0.2) is 18.0 Å². The second kappa shape index (κ2) is 8.24. The van der Waals surface area contributed by atoms with Crippen molar-refractivity contribution in [3.05, 3.63) is 90.2 Å². The summed E-state index contributed by atoms with van der Waals surface area (Å²) in [7, 11) is 1.62. The van der Waals surface area contributed by atoms with Crippen molar-refractivity contribution >= 4 is 22.4 Å². The van der Waals surface area contributed by atoms with Gasteiger partial charge in [-0.3, -0.25) is 10.1 Å². The van der Waals surface area contributed by atoms with E-state index in [0.717, 1.165) is 27.4 Å². The Labute approximate surface area is 171 Å². The molecule has 0 atom stereocenters. The van der Waals surface area contributed by atoms with Crippen molar-refractivity contribution in [1.29, 1.82) is 0 Å². The van der Waals surface area contributed by atoms with E-state index in [9.17, 15) is 9.18 Å². The molecular weight excluding hydrogens is 387 g/mol. The Kier molecular flexibility index (Phi) is 5.35. The van der Waals surface area contributed by atoms with Crippen LogP contribution >= 0.6 is 11.3 Å². The minimum atomic E-state index is -0.458. The SMILES string of the molecule is COc1ccc(-c2sc(NC(=O)c3cccc(F)c3)nc2-c2ccccc2)cc1. The smallest absolute Gasteiger partial charge is 0.257 e. The molecule has 0 aliphatic heterocycles. The zero-order valence-electron chi connectivity index (χ0n) is 15.6. The molecule has 0 bridgehead atoms. The van der Waals surface area contributed by atoms with Gasteiger partial charge in [0.15, 0.2) is 5.13 Å². The second-order valence-corrected chi connectivity index (χ2v) is 7.25. The maximum absolute atomic E-state index is 13.4. The molecule has 0 aliphatic rings. The highest BCUT2D eigenvalue weighted by Gasteiger charge is 2.17. The van der Waals surface area contributed by atoms with Crippen molar-refractivity contribution in [2.45, 2.75) is 0 Å². The average Bonchev–Trinajstić information content (AvgIpc) is 3.18. The third kappa shape index (κ3) is 4.17. The van der Waals surface area contributed by atoms with E-state index in [2.05, 4.69) is 10.3 Å². The fourth-order valence-electron chi connectivity index (χ4n) is 2.90. The lowest BCUT2D eigenvalue weighted by atomic mass is 10.1. The van der Waals surface area contributed by atoms with Crippen LogP contribution in [0.25, 0.3) is 21.7 Å². The van der Waals surface area contributed by atoms with Crippen LogP contribution in [0.3, 0.4) is 0 Å². The van der Waals surface area contributed by atoms with Gasteiger partial charge in [-0.2, -0.15) is 0 Å². The van der Waals surface area contributed by atoms with Crippen molar-refractivity contribution in [1.82, 2.24) is 4.98 Å². The molecule has 1 heterocycles. The predicted octanol–water partition coefficient (Wildman–Crippen LogP) is 5.88. The van der Waals surface area contributed by atoms with Crippen molar-refractivity contribution < 1.29 is 13.9 Å². The van der Waals surface area contributed by atoms with Crippen LogP contribution in [-0.2, 0) is 0 Å². The number of ether oxygens (including phenoxy) is 1. The van der Waals surface area contributed by atoms with Gasteiger partial charge in [-0.15, -0.1) is 0 Å². The van der Waals surface area contributed by atoms with Crippen molar-refractivity contribution in [2.75, 3.05) is 12.4 Å². The van der Waals surface area contributed by atoms with Crippen molar-refractivity contribution in [3.8, 4) is 27.4 Å². The molecule has 0 spiro atoms. The number of methoxy groups -OCH3 is 1. The van der Waals surface area contributed by atoms with Gasteiger partial charge in [0.2, 0.25) is 0 Å². The highest BCUT2D eigenvalue weighted by Crippen LogP contribution is 2.39. The number of rotatable bonds is 5. The molecule has 144 valence electrons. The Morgan fingerprint density at radius 2 is 1.72 bits per heavy atom. The van der Waals surface area contributed by atoms with E-state index in [1.807, 2.05) is 54.6 Å². The first-order valence-electron chi connectivity index (χ1n) is 8.91. The minimum absolute atomic E-state index is 0.243. The number of carbonyl (C=O) groups is 1. The summed E-state index contributed by atoms with van der Waals surface area (Å²) >= 11 is 1.37. The first-order chi connectivity index (χ1) is 14.1. The molecule has 0 unspecified atom stereocenters. The Hall–Kier alpha value is -3.51. The zero-order valence-corrected chi connectivity index (χ0v) is 16.4. The number of nitrogens with zero attached hydrogens (tertiary/aromatic N) is 1. The number of hydrogen-bond donors (Lipinski definition) is 1.